The zero-order chi connectivity index (χ0) is 14.7. The van der Waals surface area contributed by atoms with E-state index in [-0.39, 0.29) is 6.10 Å². The first-order valence-corrected chi connectivity index (χ1v) is 8.46. The van der Waals surface area contributed by atoms with Crippen molar-refractivity contribution < 1.29 is 5.11 Å². The molecular formula is C18H28N2O. The Bertz CT molecular complexity index is 460. The van der Waals surface area contributed by atoms with Crippen molar-refractivity contribution >= 4 is 0 Å². The third-order valence-electron chi connectivity index (χ3n) is 4.92. The molecule has 3 heteroatoms. The molecule has 1 heterocycles. The predicted octanol–water partition coefficient (Wildman–Crippen LogP) is 2.45. The number of rotatable bonds is 3. The van der Waals surface area contributed by atoms with Crippen LogP contribution in [0.5, 0.6) is 0 Å². The fourth-order valence-corrected chi connectivity index (χ4v) is 3.97. The van der Waals surface area contributed by atoms with Gasteiger partial charge in [-0.2, -0.15) is 0 Å². The molecule has 1 aromatic rings. The number of aliphatic hydroxyl groups excluding tert-OH is 1. The van der Waals surface area contributed by atoms with Gasteiger partial charge in [0, 0.05) is 32.2 Å². The molecule has 2 atom stereocenters. The number of β-amino-alcohol motifs (C(OH)–C–C–N with tert-alkyl or cyclic N) is 1. The molecule has 2 aliphatic rings. The SMILES string of the molecule is C[C@@H](O)CN1CCCN([C@H]2CCCc3ccccc32)CC1. The third kappa shape index (κ3) is 3.65. The number of fused-ring (bicyclic) bond motifs is 1. The van der Waals surface area contributed by atoms with Crippen molar-refractivity contribution in [2.24, 2.45) is 0 Å². The Morgan fingerprint density at radius 1 is 1.14 bits per heavy atom. The van der Waals surface area contributed by atoms with Gasteiger partial charge in [-0.25, -0.2) is 0 Å². The number of hydrogen-bond donors (Lipinski definition) is 1. The molecule has 0 saturated carbocycles. The van der Waals surface area contributed by atoms with Crippen LogP contribution in [0.3, 0.4) is 0 Å². The molecule has 1 fully saturated rings. The molecule has 0 bridgehead atoms. The Kier molecular flexibility index (Phi) is 4.94. The highest BCUT2D eigenvalue weighted by atomic mass is 16.3. The molecule has 1 saturated heterocycles. The first-order chi connectivity index (χ1) is 10.2. The smallest absolute Gasteiger partial charge is 0.0639 e. The molecule has 116 valence electrons. The van der Waals surface area contributed by atoms with E-state index in [0.29, 0.717) is 6.04 Å². The molecule has 3 nitrogen and oxygen atoms in total. The van der Waals surface area contributed by atoms with Crippen molar-refractivity contribution in [3.8, 4) is 0 Å². The van der Waals surface area contributed by atoms with Crippen molar-refractivity contribution in [2.75, 3.05) is 32.7 Å². The molecule has 21 heavy (non-hydrogen) atoms. The molecule has 0 unspecified atom stereocenters. The maximum Gasteiger partial charge on any atom is 0.0639 e. The summed E-state index contributed by atoms with van der Waals surface area (Å²) in [6.07, 6.45) is 4.86. The molecule has 0 radical (unpaired) electrons. The van der Waals surface area contributed by atoms with Crippen LogP contribution in [0.25, 0.3) is 0 Å². The van der Waals surface area contributed by atoms with E-state index >= 15 is 0 Å². The van der Waals surface area contributed by atoms with Crippen molar-refractivity contribution in [3.63, 3.8) is 0 Å². The van der Waals surface area contributed by atoms with Crippen molar-refractivity contribution in [3.05, 3.63) is 35.4 Å². The lowest BCUT2D eigenvalue weighted by molar-refractivity contribution is 0.124. The van der Waals surface area contributed by atoms with Gasteiger partial charge in [-0.15, -0.1) is 0 Å². The Morgan fingerprint density at radius 2 is 2.00 bits per heavy atom. The van der Waals surface area contributed by atoms with Crippen molar-refractivity contribution in [1.29, 1.82) is 0 Å². The van der Waals surface area contributed by atoms with Gasteiger partial charge in [0.05, 0.1) is 6.10 Å². The summed E-state index contributed by atoms with van der Waals surface area (Å²) in [5.41, 5.74) is 3.12. The van der Waals surface area contributed by atoms with Gasteiger partial charge in [-0.05, 0) is 50.3 Å². The van der Waals surface area contributed by atoms with Gasteiger partial charge in [-0.3, -0.25) is 9.80 Å². The lowest BCUT2D eigenvalue weighted by Gasteiger charge is -2.35. The van der Waals surface area contributed by atoms with Gasteiger partial charge < -0.3 is 5.11 Å². The quantitative estimate of drug-likeness (QED) is 0.925. The van der Waals surface area contributed by atoms with E-state index in [1.54, 1.807) is 11.1 Å². The van der Waals surface area contributed by atoms with E-state index in [2.05, 4.69) is 34.1 Å². The molecule has 1 aliphatic carbocycles. The first kappa shape index (κ1) is 15.0. The van der Waals surface area contributed by atoms with E-state index in [1.807, 2.05) is 6.92 Å². The first-order valence-electron chi connectivity index (χ1n) is 8.46. The number of nitrogens with zero attached hydrogens (tertiary/aromatic N) is 2. The van der Waals surface area contributed by atoms with Crippen LogP contribution in [0.4, 0.5) is 0 Å². The predicted molar refractivity (Wildman–Crippen MR) is 86.4 cm³/mol. The monoisotopic (exact) mass is 288 g/mol. The van der Waals surface area contributed by atoms with Crippen LogP contribution in [0.15, 0.2) is 24.3 Å². The fraction of sp³-hybridized carbons (Fsp3) is 0.667. The van der Waals surface area contributed by atoms with Crippen LogP contribution in [0, 0.1) is 0 Å². The number of aryl methyl sites for hydroxylation is 1. The van der Waals surface area contributed by atoms with E-state index in [0.717, 1.165) is 26.2 Å². The van der Waals surface area contributed by atoms with Gasteiger partial charge in [0.15, 0.2) is 0 Å². The molecule has 1 N–H and O–H groups in total. The number of hydrogen-bond acceptors (Lipinski definition) is 3. The summed E-state index contributed by atoms with van der Waals surface area (Å²) < 4.78 is 0. The number of aliphatic hydroxyl groups is 1. The Hall–Kier alpha value is -0.900. The van der Waals surface area contributed by atoms with Crippen molar-refractivity contribution in [2.45, 2.75) is 44.8 Å². The summed E-state index contributed by atoms with van der Waals surface area (Å²) >= 11 is 0. The van der Waals surface area contributed by atoms with Crippen molar-refractivity contribution in [1.82, 2.24) is 9.80 Å². The minimum absolute atomic E-state index is 0.216. The third-order valence-corrected chi connectivity index (χ3v) is 4.92. The summed E-state index contributed by atoms with van der Waals surface area (Å²) in [4.78, 5) is 5.10. The summed E-state index contributed by atoms with van der Waals surface area (Å²) in [6.45, 7) is 7.23. The van der Waals surface area contributed by atoms with E-state index < -0.39 is 0 Å². The second-order valence-electron chi connectivity index (χ2n) is 6.65. The second kappa shape index (κ2) is 6.91. The zero-order valence-corrected chi connectivity index (χ0v) is 13.2. The maximum atomic E-state index is 9.59. The summed E-state index contributed by atoms with van der Waals surface area (Å²) in [5.74, 6) is 0. The normalized spacial score (nSPS) is 26.1. The van der Waals surface area contributed by atoms with Crippen LogP contribution in [-0.2, 0) is 6.42 Å². The maximum absolute atomic E-state index is 9.59. The molecule has 3 rings (SSSR count). The van der Waals surface area contributed by atoms with Gasteiger partial charge in [0.2, 0.25) is 0 Å². The topological polar surface area (TPSA) is 26.7 Å². The molecule has 1 aromatic carbocycles. The largest absolute Gasteiger partial charge is 0.392 e. The van der Waals surface area contributed by atoms with Gasteiger partial charge >= 0.3 is 0 Å². The summed E-state index contributed by atoms with van der Waals surface area (Å²) in [7, 11) is 0. The average Bonchev–Trinajstić information content (AvgIpc) is 2.71. The summed E-state index contributed by atoms with van der Waals surface area (Å²) in [5, 5.41) is 9.59. The second-order valence-corrected chi connectivity index (χ2v) is 6.65. The highest BCUT2D eigenvalue weighted by molar-refractivity contribution is 5.32. The molecule has 0 amide bonds. The molecular weight excluding hydrogens is 260 g/mol. The van der Waals surface area contributed by atoms with Crippen LogP contribution in [0.2, 0.25) is 0 Å². The number of benzene rings is 1. The van der Waals surface area contributed by atoms with E-state index in [4.69, 9.17) is 0 Å². The summed E-state index contributed by atoms with van der Waals surface area (Å²) in [6, 6.07) is 9.61. The van der Waals surface area contributed by atoms with Crippen LogP contribution >= 0.6 is 0 Å². The lowest BCUT2D eigenvalue weighted by atomic mass is 9.87. The van der Waals surface area contributed by atoms with Gasteiger partial charge in [0.25, 0.3) is 0 Å². The van der Waals surface area contributed by atoms with Crippen LogP contribution in [0.1, 0.15) is 43.4 Å². The average molecular weight is 288 g/mol. The Morgan fingerprint density at radius 3 is 2.86 bits per heavy atom. The standard InChI is InChI=1S/C18H28N2O/c1-15(21)14-19-10-5-11-20(13-12-19)18-9-4-7-16-6-2-3-8-17(16)18/h2-3,6,8,15,18,21H,4-5,7,9-14H2,1H3/t15-,18+/m1/s1. The van der Waals surface area contributed by atoms with E-state index in [9.17, 15) is 5.11 Å². The van der Waals surface area contributed by atoms with Gasteiger partial charge in [0.1, 0.15) is 0 Å². The van der Waals surface area contributed by atoms with Gasteiger partial charge in [-0.1, -0.05) is 24.3 Å². The lowest BCUT2D eigenvalue weighted by Crippen LogP contribution is -2.37. The van der Waals surface area contributed by atoms with E-state index in [1.165, 1.54) is 32.2 Å². The van der Waals surface area contributed by atoms with Crippen LogP contribution < -0.4 is 0 Å². The fourth-order valence-electron chi connectivity index (χ4n) is 3.97. The minimum atomic E-state index is -0.216. The Labute approximate surface area is 128 Å². The highest BCUT2D eigenvalue weighted by Crippen LogP contribution is 2.34. The van der Waals surface area contributed by atoms with Crippen LogP contribution in [-0.4, -0.2) is 53.7 Å². The molecule has 1 aliphatic heterocycles. The molecule has 0 aromatic heterocycles. The zero-order valence-electron chi connectivity index (χ0n) is 13.2. The Balaban J connectivity index is 1.68. The molecule has 0 spiro atoms. The minimum Gasteiger partial charge on any atom is -0.392 e. The highest BCUT2D eigenvalue weighted by Gasteiger charge is 2.27.